The molecule has 1 amide bonds. The molecule has 0 unspecified atom stereocenters. The van der Waals surface area contributed by atoms with Crippen molar-refractivity contribution in [3.05, 3.63) is 65.7 Å². The van der Waals surface area contributed by atoms with Crippen molar-refractivity contribution < 1.29 is 31.6 Å². The van der Waals surface area contributed by atoms with E-state index in [9.17, 15) is 9.59 Å². The molecule has 5 nitrogen and oxygen atoms in total. The van der Waals surface area contributed by atoms with Gasteiger partial charge in [0.15, 0.2) is 5.78 Å². The van der Waals surface area contributed by atoms with E-state index in [2.05, 4.69) is 5.32 Å². The summed E-state index contributed by atoms with van der Waals surface area (Å²) in [4.78, 5) is 25.6. The van der Waals surface area contributed by atoms with Crippen molar-refractivity contribution in [3.63, 3.8) is 0 Å². The molecule has 0 saturated heterocycles. The lowest BCUT2D eigenvalue weighted by atomic mass is 10.1. The van der Waals surface area contributed by atoms with E-state index in [-0.39, 0.29) is 24.1 Å². The van der Waals surface area contributed by atoms with Gasteiger partial charge in [-0.1, -0.05) is 24.3 Å². The molecular formula is C21H25ClN2O3. The number of rotatable bonds is 8. The fourth-order valence-corrected chi connectivity index (χ4v) is 2.38. The number of hydrogen-bond donors (Lipinski definition) is 2. The van der Waals surface area contributed by atoms with Crippen molar-refractivity contribution >= 4 is 23.5 Å². The minimum atomic E-state index is -0.254. The number of hydrogen-bond acceptors (Lipinski definition) is 3. The van der Waals surface area contributed by atoms with Crippen LogP contribution in [-0.4, -0.2) is 39.4 Å². The molecule has 0 bridgehead atoms. The third-order valence-electron chi connectivity index (χ3n) is 3.83. The van der Waals surface area contributed by atoms with Crippen LogP contribution in [0.1, 0.15) is 22.3 Å². The molecule has 0 aliphatic rings. The van der Waals surface area contributed by atoms with E-state index in [1.165, 1.54) is 11.0 Å². The number of halogens is 1. The zero-order valence-electron chi connectivity index (χ0n) is 15.8. The minimum Gasteiger partial charge on any atom is -1.00 e. The van der Waals surface area contributed by atoms with Crippen LogP contribution in [0.2, 0.25) is 0 Å². The van der Waals surface area contributed by atoms with E-state index in [1.54, 1.807) is 37.5 Å². The third-order valence-corrected chi connectivity index (χ3v) is 3.83. The molecule has 0 spiro atoms. The predicted molar refractivity (Wildman–Crippen MR) is 104 cm³/mol. The smallest absolute Gasteiger partial charge is 0.248 e. The molecule has 0 aliphatic carbocycles. The number of ketones is 1. The van der Waals surface area contributed by atoms with Gasteiger partial charge < -0.3 is 27.4 Å². The van der Waals surface area contributed by atoms with Crippen molar-refractivity contribution in [1.29, 1.82) is 0 Å². The normalized spacial score (nSPS) is 10.5. The number of nitrogens with one attached hydrogen (secondary N) is 2. The Morgan fingerprint density at radius 1 is 1.11 bits per heavy atom. The Kier molecular flexibility index (Phi) is 9.26. The highest BCUT2D eigenvalue weighted by molar-refractivity contribution is 6.03. The fourth-order valence-electron chi connectivity index (χ4n) is 2.38. The van der Waals surface area contributed by atoms with Gasteiger partial charge >= 0.3 is 0 Å². The highest BCUT2D eigenvalue weighted by Crippen LogP contribution is 2.15. The maximum Gasteiger partial charge on any atom is 0.248 e. The van der Waals surface area contributed by atoms with E-state index in [0.29, 0.717) is 17.7 Å². The number of benzene rings is 2. The van der Waals surface area contributed by atoms with Crippen molar-refractivity contribution in [1.82, 2.24) is 0 Å². The molecular weight excluding hydrogens is 364 g/mol. The largest absolute Gasteiger partial charge is 1.00 e. The highest BCUT2D eigenvalue weighted by atomic mass is 35.5. The summed E-state index contributed by atoms with van der Waals surface area (Å²) in [5, 5.41) is 2.79. The van der Waals surface area contributed by atoms with Crippen molar-refractivity contribution in [2.24, 2.45) is 0 Å². The molecule has 6 heteroatoms. The molecule has 0 atom stereocenters. The highest BCUT2D eigenvalue weighted by Gasteiger charge is 2.09. The van der Waals surface area contributed by atoms with Gasteiger partial charge in [-0.15, -0.1) is 0 Å². The molecule has 0 aliphatic heterocycles. The van der Waals surface area contributed by atoms with E-state index >= 15 is 0 Å². The summed E-state index contributed by atoms with van der Waals surface area (Å²) in [5.41, 5.74) is 2.09. The third kappa shape index (κ3) is 7.64. The zero-order valence-corrected chi connectivity index (χ0v) is 16.5. The SMILES string of the molecule is COc1cccc(/C=C/C(=O)Nc2cccc(C(=O)CC[NH+](C)C)c2)c1.[Cl-]. The topological polar surface area (TPSA) is 59.8 Å². The Labute approximate surface area is 166 Å². The summed E-state index contributed by atoms with van der Waals surface area (Å²) in [6.07, 6.45) is 3.65. The Hall–Kier alpha value is -2.63. The standard InChI is InChI=1S/C21H24N2O3.ClH/c1-23(2)13-12-20(24)17-7-5-8-18(15-17)22-21(25)11-10-16-6-4-9-19(14-16)26-3;/h4-11,14-15H,12-13H2,1-3H3,(H,22,25);1H/b11-10+;. The first kappa shape index (κ1) is 22.4. The van der Waals surface area contributed by atoms with Crippen molar-refractivity contribution in [3.8, 4) is 5.75 Å². The summed E-state index contributed by atoms with van der Waals surface area (Å²) in [6, 6.07) is 14.5. The number of anilines is 1. The zero-order chi connectivity index (χ0) is 18.9. The fraction of sp³-hybridized carbons (Fsp3) is 0.238. The lowest BCUT2D eigenvalue weighted by molar-refractivity contribution is -0.857. The molecule has 0 aromatic heterocycles. The van der Waals surface area contributed by atoms with Gasteiger partial charge in [0.05, 0.1) is 34.2 Å². The Morgan fingerprint density at radius 2 is 1.85 bits per heavy atom. The maximum atomic E-state index is 12.2. The van der Waals surface area contributed by atoms with Gasteiger partial charge in [0.2, 0.25) is 5.91 Å². The Balaban J connectivity index is 0.00000364. The van der Waals surface area contributed by atoms with Crippen LogP contribution in [0.5, 0.6) is 5.75 Å². The number of Topliss-reactive ketones (excluding diaryl/α,β-unsaturated/α-hetero) is 1. The second kappa shape index (κ2) is 11.2. The van der Waals surface area contributed by atoms with Gasteiger partial charge in [0.25, 0.3) is 0 Å². The average molecular weight is 389 g/mol. The van der Waals surface area contributed by atoms with Gasteiger partial charge in [-0.2, -0.15) is 0 Å². The van der Waals surface area contributed by atoms with E-state index in [0.717, 1.165) is 17.9 Å². The number of ether oxygens (including phenoxy) is 1. The number of methoxy groups -OCH3 is 1. The molecule has 2 aromatic carbocycles. The Morgan fingerprint density at radius 3 is 2.56 bits per heavy atom. The van der Waals surface area contributed by atoms with Gasteiger partial charge in [0.1, 0.15) is 5.75 Å². The van der Waals surface area contributed by atoms with E-state index in [4.69, 9.17) is 4.74 Å². The summed E-state index contributed by atoms with van der Waals surface area (Å²) < 4.78 is 5.16. The number of carbonyl (C=O) groups excluding carboxylic acids is 2. The molecule has 0 radical (unpaired) electrons. The summed E-state index contributed by atoms with van der Waals surface area (Å²) in [7, 11) is 5.63. The van der Waals surface area contributed by atoms with Crippen molar-refractivity contribution in [2.45, 2.75) is 6.42 Å². The van der Waals surface area contributed by atoms with Gasteiger partial charge in [-0.05, 0) is 35.9 Å². The van der Waals surface area contributed by atoms with Crippen LogP contribution in [0.25, 0.3) is 6.08 Å². The lowest BCUT2D eigenvalue weighted by Crippen LogP contribution is -3.05. The summed E-state index contributed by atoms with van der Waals surface area (Å²) >= 11 is 0. The van der Waals surface area contributed by atoms with Crippen molar-refractivity contribution in [2.75, 3.05) is 33.1 Å². The van der Waals surface area contributed by atoms with Gasteiger partial charge in [0, 0.05) is 17.3 Å². The first-order chi connectivity index (χ1) is 12.5. The number of quaternary nitrogens is 1. The van der Waals surface area contributed by atoms with Gasteiger partial charge in [-0.25, -0.2) is 0 Å². The predicted octanol–water partition coefficient (Wildman–Crippen LogP) is -0.932. The first-order valence-electron chi connectivity index (χ1n) is 8.53. The van der Waals surface area contributed by atoms with Crippen LogP contribution < -0.4 is 27.4 Å². The Bertz CT molecular complexity index is 804. The first-order valence-corrected chi connectivity index (χ1v) is 8.53. The quantitative estimate of drug-likeness (QED) is 0.454. The minimum absolute atomic E-state index is 0. The molecule has 2 rings (SSSR count). The molecule has 27 heavy (non-hydrogen) atoms. The summed E-state index contributed by atoms with van der Waals surface area (Å²) in [6.45, 7) is 0.776. The van der Waals surface area contributed by atoms with Crippen LogP contribution in [0, 0.1) is 0 Å². The average Bonchev–Trinajstić information content (AvgIpc) is 2.64. The molecule has 2 N–H and O–H groups in total. The van der Waals surface area contributed by atoms with E-state index in [1.807, 2.05) is 38.4 Å². The van der Waals surface area contributed by atoms with Crippen LogP contribution in [0.4, 0.5) is 5.69 Å². The maximum absolute atomic E-state index is 12.2. The monoisotopic (exact) mass is 388 g/mol. The lowest BCUT2D eigenvalue weighted by Gasteiger charge is -2.08. The molecule has 144 valence electrons. The van der Waals surface area contributed by atoms with Gasteiger partial charge in [-0.3, -0.25) is 9.59 Å². The van der Waals surface area contributed by atoms with E-state index < -0.39 is 0 Å². The number of amides is 1. The second-order valence-corrected chi connectivity index (χ2v) is 6.31. The molecule has 2 aromatic rings. The number of carbonyl (C=O) groups is 2. The van der Waals surface area contributed by atoms with Crippen LogP contribution in [0.15, 0.2) is 54.6 Å². The molecule has 0 saturated carbocycles. The summed E-state index contributed by atoms with van der Waals surface area (Å²) in [5.74, 6) is 0.558. The van der Waals surface area contributed by atoms with Crippen LogP contribution >= 0.6 is 0 Å². The van der Waals surface area contributed by atoms with Crippen LogP contribution in [-0.2, 0) is 4.79 Å². The molecule has 0 heterocycles. The second-order valence-electron chi connectivity index (χ2n) is 6.31. The van der Waals surface area contributed by atoms with Crippen LogP contribution in [0.3, 0.4) is 0 Å². The molecule has 0 fully saturated rings.